The molecule has 2 N–H and O–H groups in total. The van der Waals surface area contributed by atoms with Crippen LogP contribution in [0.4, 0.5) is 4.79 Å². The van der Waals surface area contributed by atoms with Crippen LogP contribution in [0.15, 0.2) is 29.2 Å². The standard InChI is InChI=1S/C13H16N2O6S/c1-8(11(16)15-13(18)14-2)21-12(17)9-6-4-5-7-10(9)22(3,19)20/h4-8H,1-3H3,(H2,14,15,16,18)/t8-/m0/s1. The second kappa shape index (κ2) is 7.03. The summed E-state index contributed by atoms with van der Waals surface area (Å²) < 4.78 is 28.1. The van der Waals surface area contributed by atoms with Crippen molar-refractivity contribution in [3.63, 3.8) is 0 Å². The van der Waals surface area contributed by atoms with E-state index in [9.17, 15) is 22.8 Å². The molecule has 3 amide bonds. The molecule has 120 valence electrons. The summed E-state index contributed by atoms with van der Waals surface area (Å²) in [4.78, 5) is 34.4. The van der Waals surface area contributed by atoms with E-state index in [0.717, 1.165) is 6.26 Å². The molecule has 22 heavy (non-hydrogen) atoms. The monoisotopic (exact) mass is 328 g/mol. The summed E-state index contributed by atoms with van der Waals surface area (Å²) in [5, 5.41) is 4.12. The number of benzene rings is 1. The van der Waals surface area contributed by atoms with Gasteiger partial charge in [0.15, 0.2) is 15.9 Å². The second-order valence-electron chi connectivity index (χ2n) is 4.38. The molecule has 0 radical (unpaired) electrons. The van der Waals surface area contributed by atoms with Crippen molar-refractivity contribution in [2.24, 2.45) is 0 Å². The minimum atomic E-state index is -3.62. The summed E-state index contributed by atoms with van der Waals surface area (Å²) in [6.07, 6.45) is -0.307. The molecule has 1 aromatic carbocycles. The van der Waals surface area contributed by atoms with E-state index in [4.69, 9.17) is 4.74 Å². The fraction of sp³-hybridized carbons (Fsp3) is 0.308. The third kappa shape index (κ3) is 4.55. The first-order chi connectivity index (χ1) is 10.2. The molecule has 0 unspecified atom stereocenters. The number of carbonyl (C=O) groups is 3. The first-order valence-corrected chi connectivity index (χ1v) is 8.08. The molecule has 0 fully saturated rings. The lowest BCUT2D eigenvalue weighted by molar-refractivity contribution is -0.127. The van der Waals surface area contributed by atoms with Crippen LogP contribution in [0.5, 0.6) is 0 Å². The SMILES string of the molecule is CNC(=O)NC(=O)[C@H](C)OC(=O)c1ccccc1S(C)(=O)=O. The van der Waals surface area contributed by atoms with Crippen LogP contribution >= 0.6 is 0 Å². The number of rotatable bonds is 4. The van der Waals surface area contributed by atoms with Crippen molar-refractivity contribution < 1.29 is 27.5 Å². The molecule has 0 aliphatic rings. The molecule has 0 bridgehead atoms. The number of urea groups is 1. The first kappa shape index (κ1) is 17.6. The molecular formula is C13H16N2O6S. The van der Waals surface area contributed by atoms with Gasteiger partial charge in [-0.15, -0.1) is 0 Å². The Balaban J connectivity index is 2.91. The van der Waals surface area contributed by atoms with E-state index in [1.807, 2.05) is 5.32 Å². The lowest BCUT2D eigenvalue weighted by Gasteiger charge is -2.14. The fourth-order valence-electron chi connectivity index (χ4n) is 1.51. The molecule has 0 saturated carbocycles. The second-order valence-corrected chi connectivity index (χ2v) is 6.37. The van der Waals surface area contributed by atoms with Gasteiger partial charge in [-0.05, 0) is 19.1 Å². The predicted octanol–water partition coefficient (Wildman–Crippen LogP) is 0.0910. The van der Waals surface area contributed by atoms with Crippen molar-refractivity contribution in [1.82, 2.24) is 10.6 Å². The van der Waals surface area contributed by atoms with E-state index in [1.165, 1.54) is 38.2 Å². The van der Waals surface area contributed by atoms with Gasteiger partial charge in [0, 0.05) is 13.3 Å². The Morgan fingerprint density at radius 2 is 1.77 bits per heavy atom. The van der Waals surface area contributed by atoms with Crippen molar-refractivity contribution >= 4 is 27.7 Å². The third-order valence-corrected chi connectivity index (χ3v) is 3.78. The summed E-state index contributed by atoms with van der Waals surface area (Å²) in [6.45, 7) is 1.26. The summed E-state index contributed by atoms with van der Waals surface area (Å²) in [6, 6.07) is 4.74. The zero-order chi connectivity index (χ0) is 16.9. The van der Waals surface area contributed by atoms with Crippen molar-refractivity contribution in [3.05, 3.63) is 29.8 Å². The quantitative estimate of drug-likeness (QED) is 0.756. The van der Waals surface area contributed by atoms with Crippen molar-refractivity contribution in [1.29, 1.82) is 0 Å². The Morgan fingerprint density at radius 3 is 2.32 bits per heavy atom. The van der Waals surface area contributed by atoms with Crippen LogP contribution in [0.1, 0.15) is 17.3 Å². The Kier molecular flexibility index (Phi) is 5.63. The summed E-state index contributed by atoms with van der Waals surface area (Å²) in [5.74, 6) is -1.80. The van der Waals surface area contributed by atoms with E-state index < -0.39 is 33.8 Å². The largest absolute Gasteiger partial charge is 0.449 e. The first-order valence-electron chi connectivity index (χ1n) is 6.19. The molecule has 0 spiro atoms. The van der Waals surface area contributed by atoms with E-state index in [2.05, 4.69) is 5.32 Å². The molecule has 0 heterocycles. The van der Waals surface area contributed by atoms with E-state index in [0.29, 0.717) is 0 Å². The van der Waals surface area contributed by atoms with Gasteiger partial charge in [0.2, 0.25) is 0 Å². The van der Waals surface area contributed by atoms with Gasteiger partial charge in [-0.3, -0.25) is 10.1 Å². The van der Waals surface area contributed by atoms with Crippen LogP contribution in [0, 0.1) is 0 Å². The molecular weight excluding hydrogens is 312 g/mol. The molecule has 1 aromatic rings. The van der Waals surface area contributed by atoms with Gasteiger partial charge in [0.05, 0.1) is 10.5 Å². The molecule has 0 aliphatic heterocycles. The third-order valence-electron chi connectivity index (χ3n) is 2.62. The normalized spacial score (nSPS) is 12.1. The highest BCUT2D eigenvalue weighted by Crippen LogP contribution is 2.17. The average molecular weight is 328 g/mol. The lowest BCUT2D eigenvalue weighted by Crippen LogP contribution is -2.43. The Hall–Kier alpha value is -2.42. The highest BCUT2D eigenvalue weighted by molar-refractivity contribution is 7.90. The number of hydrogen-bond donors (Lipinski definition) is 2. The van der Waals surface area contributed by atoms with Crippen molar-refractivity contribution in [2.45, 2.75) is 17.9 Å². The van der Waals surface area contributed by atoms with Gasteiger partial charge in [-0.2, -0.15) is 0 Å². The number of amides is 3. The number of nitrogens with one attached hydrogen (secondary N) is 2. The highest BCUT2D eigenvalue weighted by Gasteiger charge is 2.24. The molecule has 9 heteroatoms. The Labute approximate surface area is 127 Å². The summed E-state index contributed by atoms with van der Waals surface area (Å²) in [5.41, 5.74) is -0.176. The smallest absolute Gasteiger partial charge is 0.340 e. The zero-order valence-electron chi connectivity index (χ0n) is 12.2. The van der Waals surface area contributed by atoms with Crippen LogP contribution in [0.3, 0.4) is 0 Å². The van der Waals surface area contributed by atoms with Crippen molar-refractivity contribution in [2.75, 3.05) is 13.3 Å². The highest BCUT2D eigenvalue weighted by atomic mass is 32.2. The molecule has 0 saturated heterocycles. The van der Waals surface area contributed by atoms with Crippen LogP contribution < -0.4 is 10.6 Å². The van der Waals surface area contributed by atoms with Crippen molar-refractivity contribution in [3.8, 4) is 0 Å². The maximum atomic E-state index is 12.0. The zero-order valence-corrected chi connectivity index (χ0v) is 13.1. The van der Waals surface area contributed by atoms with Gasteiger partial charge in [-0.25, -0.2) is 18.0 Å². The molecule has 0 aliphatic carbocycles. The summed E-state index contributed by atoms with van der Waals surface area (Å²) in [7, 11) is -2.30. The fourth-order valence-corrected chi connectivity index (χ4v) is 2.39. The van der Waals surface area contributed by atoms with Crippen LogP contribution in [0.2, 0.25) is 0 Å². The van der Waals surface area contributed by atoms with Gasteiger partial charge >= 0.3 is 12.0 Å². The molecule has 0 aromatic heterocycles. The van der Waals surface area contributed by atoms with Gasteiger partial charge < -0.3 is 10.1 Å². The van der Waals surface area contributed by atoms with E-state index in [1.54, 1.807) is 0 Å². The lowest BCUT2D eigenvalue weighted by atomic mass is 10.2. The number of esters is 1. The van der Waals surface area contributed by atoms with Crippen LogP contribution in [-0.4, -0.2) is 45.7 Å². The number of sulfone groups is 1. The molecule has 8 nitrogen and oxygen atoms in total. The average Bonchev–Trinajstić information content (AvgIpc) is 2.45. The number of imide groups is 1. The van der Waals surface area contributed by atoms with Crippen LogP contribution in [0.25, 0.3) is 0 Å². The van der Waals surface area contributed by atoms with Gasteiger partial charge in [0.25, 0.3) is 5.91 Å². The minimum absolute atomic E-state index is 0.176. The number of carbonyl (C=O) groups excluding carboxylic acids is 3. The molecule has 1 atom stereocenters. The Morgan fingerprint density at radius 1 is 1.18 bits per heavy atom. The maximum Gasteiger partial charge on any atom is 0.340 e. The number of hydrogen-bond acceptors (Lipinski definition) is 6. The predicted molar refractivity (Wildman–Crippen MR) is 77.0 cm³/mol. The Bertz CT molecular complexity index is 698. The van der Waals surface area contributed by atoms with E-state index in [-0.39, 0.29) is 10.5 Å². The number of ether oxygens (including phenoxy) is 1. The minimum Gasteiger partial charge on any atom is -0.449 e. The summed E-state index contributed by atoms with van der Waals surface area (Å²) >= 11 is 0. The van der Waals surface area contributed by atoms with Gasteiger partial charge in [-0.1, -0.05) is 12.1 Å². The van der Waals surface area contributed by atoms with E-state index >= 15 is 0 Å². The van der Waals surface area contributed by atoms with Crippen LogP contribution in [-0.2, 0) is 19.4 Å². The topological polar surface area (TPSA) is 119 Å². The van der Waals surface area contributed by atoms with Gasteiger partial charge in [0.1, 0.15) is 0 Å². The maximum absolute atomic E-state index is 12.0. The molecule has 1 rings (SSSR count).